The Kier molecular flexibility index (Phi) is 5.97. The lowest BCUT2D eigenvalue weighted by Gasteiger charge is -2.11. The zero-order valence-corrected chi connectivity index (χ0v) is 10.6. The minimum Gasteiger partial charge on any atom is -0.496 e. The van der Waals surface area contributed by atoms with E-state index in [9.17, 15) is 5.11 Å². The number of rotatable bonds is 7. The zero-order valence-electron chi connectivity index (χ0n) is 10.6. The smallest absolute Gasteiger partial charge is 0.122 e. The number of aliphatic hydroxyl groups is 1. The lowest BCUT2D eigenvalue weighted by atomic mass is 10.1. The Morgan fingerprint density at radius 2 is 2.24 bits per heavy atom. The molecule has 0 amide bonds. The Bertz CT molecular complexity index is 342. The summed E-state index contributed by atoms with van der Waals surface area (Å²) in [5, 5.41) is 12.5. The van der Waals surface area contributed by atoms with E-state index in [2.05, 4.69) is 18.3 Å². The van der Waals surface area contributed by atoms with Crippen molar-refractivity contribution in [3.63, 3.8) is 0 Å². The summed E-state index contributed by atoms with van der Waals surface area (Å²) in [4.78, 5) is 0. The molecule has 0 saturated heterocycles. The van der Waals surface area contributed by atoms with Crippen LogP contribution in [-0.2, 0) is 6.42 Å². The highest BCUT2D eigenvalue weighted by Crippen LogP contribution is 2.19. The fourth-order valence-corrected chi connectivity index (χ4v) is 1.68. The van der Waals surface area contributed by atoms with Crippen LogP contribution >= 0.6 is 0 Å². The molecule has 17 heavy (non-hydrogen) atoms. The van der Waals surface area contributed by atoms with Crippen LogP contribution in [0.4, 0.5) is 0 Å². The van der Waals surface area contributed by atoms with Crippen LogP contribution in [0.3, 0.4) is 0 Å². The number of methoxy groups -OCH3 is 1. The van der Waals surface area contributed by atoms with E-state index in [-0.39, 0.29) is 0 Å². The highest BCUT2D eigenvalue weighted by molar-refractivity contribution is 5.37. The largest absolute Gasteiger partial charge is 0.496 e. The van der Waals surface area contributed by atoms with Crippen LogP contribution in [-0.4, -0.2) is 38.0 Å². The molecule has 0 radical (unpaired) electrons. The Balaban J connectivity index is 2.42. The van der Waals surface area contributed by atoms with Gasteiger partial charge >= 0.3 is 0 Å². The van der Waals surface area contributed by atoms with Crippen molar-refractivity contribution >= 4 is 0 Å². The molecule has 1 unspecified atom stereocenters. The summed E-state index contributed by atoms with van der Waals surface area (Å²) in [6.07, 6.45) is 0.414. The summed E-state index contributed by atoms with van der Waals surface area (Å²) in [5.41, 5.74) is 7.73. The Labute approximate surface area is 103 Å². The molecule has 1 aromatic carbocycles. The molecule has 0 fully saturated rings. The second-order valence-electron chi connectivity index (χ2n) is 4.16. The van der Waals surface area contributed by atoms with Gasteiger partial charge in [-0.05, 0) is 31.5 Å². The van der Waals surface area contributed by atoms with Crippen molar-refractivity contribution in [2.24, 2.45) is 5.73 Å². The SMILES string of the molecule is COc1ccc(C)cc1CCNCC(O)CN. The summed E-state index contributed by atoms with van der Waals surface area (Å²) in [6.45, 7) is 3.69. The van der Waals surface area contributed by atoms with Crippen molar-refractivity contribution in [3.8, 4) is 5.75 Å². The van der Waals surface area contributed by atoms with Crippen molar-refractivity contribution in [2.75, 3.05) is 26.7 Å². The maximum Gasteiger partial charge on any atom is 0.122 e. The predicted octanol–water partition coefficient (Wildman–Crippen LogP) is 0.455. The number of benzene rings is 1. The van der Waals surface area contributed by atoms with Gasteiger partial charge in [-0.15, -0.1) is 0 Å². The van der Waals surface area contributed by atoms with Crippen LogP contribution in [0.1, 0.15) is 11.1 Å². The Morgan fingerprint density at radius 3 is 2.88 bits per heavy atom. The van der Waals surface area contributed by atoms with Crippen LogP contribution in [0.15, 0.2) is 18.2 Å². The fraction of sp³-hybridized carbons (Fsp3) is 0.538. The maximum atomic E-state index is 9.29. The molecule has 0 aliphatic carbocycles. The first-order valence-electron chi connectivity index (χ1n) is 5.89. The molecule has 4 nitrogen and oxygen atoms in total. The number of nitrogens with one attached hydrogen (secondary N) is 1. The highest BCUT2D eigenvalue weighted by atomic mass is 16.5. The van der Waals surface area contributed by atoms with Crippen LogP contribution in [0.5, 0.6) is 5.75 Å². The molecule has 0 aliphatic heterocycles. The quantitative estimate of drug-likeness (QED) is 0.604. The van der Waals surface area contributed by atoms with E-state index >= 15 is 0 Å². The second kappa shape index (κ2) is 7.27. The second-order valence-corrected chi connectivity index (χ2v) is 4.16. The average Bonchev–Trinajstić information content (AvgIpc) is 2.34. The van der Waals surface area contributed by atoms with Crippen LogP contribution in [0.25, 0.3) is 0 Å². The van der Waals surface area contributed by atoms with Gasteiger partial charge in [0.15, 0.2) is 0 Å². The van der Waals surface area contributed by atoms with E-state index in [1.165, 1.54) is 11.1 Å². The molecule has 0 aromatic heterocycles. The average molecular weight is 238 g/mol. The minimum atomic E-state index is -0.464. The maximum absolute atomic E-state index is 9.29. The molecule has 4 heteroatoms. The number of nitrogens with two attached hydrogens (primary N) is 1. The third-order valence-electron chi connectivity index (χ3n) is 2.66. The Hall–Kier alpha value is -1.10. The first-order chi connectivity index (χ1) is 8.17. The monoisotopic (exact) mass is 238 g/mol. The van der Waals surface area contributed by atoms with Gasteiger partial charge in [-0.1, -0.05) is 17.7 Å². The van der Waals surface area contributed by atoms with Crippen molar-refractivity contribution in [1.29, 1.82) is 0 Å². The number of ether oxygens (including phenoxy) is 1. The van der Waals surface area contributed by atoms with Crippen molar-refractivity contribution in [2.45, 2.75) is 19.4 Å². The molecule has 0 spiro atoms. The molecule has 96 valence electrons. The first kappa shape index (κ1) is 14.0. The molecule has 0 heterocycles. The summed E-state index contributed by atoms with van der Waals surface area (Å²) >= 11 is 0. The number of aryl methyl sites for hydroxylation is 1. The third kappa shape index (κ3) is 4.73. The van der Waals surface area contributed by atoms with Crippen molar-refractivity contribution < 1.29 is 9.84 Å². The molecule has 0 saturated carbocycles. The van der Waals surface area contributed by atoms with Crippen molar-refractivity contribution in [1.82, 2.24) is 5.32 Å². The fourth-order valence-electron chi connectivity index (χ4n) is 1.68. The number of hydrogen-bond acceptors (Lipinski definition) is 4. The van der Waals surface area contributed by atoms with E-state index in [0.717, 1.165) is 18.7 Å². The Morgan fingerprint density at radius 1 is 1.47 bits per heavy atom. The van der Waals surface area contributed by atoms with Gasteiger partial charge in [0.05, 0.1) is 13.2 Å². The van der Waals surface area contributed by atoms with E-state index < -0.39 is 6.10 Å². The summed E-state index contributed by atoms with van der Waals surface area (Å²) < 4.78 is 5.30. The van der Waals surface area contributed by atoms with Gasteiger partial charge in [-0.2, -0.15) is 0 Å². The van der Waals surface area contributed by atoms with E-state index in [1.807, 2.05) is 12.1 Å². The molecule has 1 aromatic rings. The molecule has 4 N–H and O–H groups in total. The molecule has 1 rings (SSSR count). The number of aliphatic hydroxyl groups excluding tert-OH is 1. The van der Waals surface area contributed by atoms with Gasteiger partial charge in [-0.25, -0.2) is 0 Å². The van der Waals surface area contributed by atoms with Crippen LogP contribution in [0, 0.1) is 6.92 Å². The van der Waals surface area contributed by atoms with Crippen molar-refractivity contribution in [3.05, 3.63) is 29.3 Å². The van der Waals surface area contributed by atoms with Gasteiger partial charge < -0.3 is 20.9 Å². The topological polar surface area (TPSA) is 67.5 Å². The number of hydrogen-bond donors (Lipinski definition) is 3. The summed E-state index contributed by atoms with van der Waals surface area (Å²) in [5.74, 6) is 0.914. The lowest BCUT2D eigenvalue weighted by molar-refractivity contribution is 0.180. The normalized spacial score (nSPS) is 12.5. The van der Waals surface area contributed by atoms with E-state index in [0.29, 0.717) is 13.1 Å². The molecule has 0 bridgehead atoms. The molecule has 0 aliphatic rings. The zero-order chi connectivity index (χ0) is 12.7. The molecular formula is C13H22N2O2. The molecular weight excluding hydrogens is 216 g/mol. The van der Waals surface area contributed by atoms with Gasteiger partial charge in [0.1, 0.15) is 5.75 Å². The summed E-state index contributed by atoms with van der Waals surface area (Å²) in [7, 11) is 1.68. The van der Waals surface area contributed by atoms with E-state index in [1.54, 1.807) is 7.11 Å². The summed E-state index contributed by atoms with van der Waals surface area (Å²) in [6, 6.07) is 6.15. The van der Waals surface area contributed by atoms with E-state index in [4.69, 9.17) is 10.5 Å². The first-order valence-corrected chi connectivity index (χ1v) is 5.89. The van der Waals surface area contributed by atoms with Gasteiger partial charge in [0.2, 0.25) is 0 Å². The van der Waals surface area contributed by atoms with Crippen LogP contribution < -0.4 is 15.8 Å². The standard InChI is InChI=1S/C13H22N2O2/c1-10-3-4-13(17-2)11(7-10)5-6-15-9-12(16)8-14/h3-4,7,12,15-16H,5-6,8-9,14H2,1-2H3. The van der Waals surface area contributed by atoms with Gasteiger partial charge in [-0.3, -0.25) is 0 Å². The van der Waals surface area contributed by atoms with Crippen LogP contribution in [0.2, 0.25) is 0 Å². The highest BCUT2D eigenvalue weighted by Gasteiger charge is 2.04. The molecule has 1 atom stereocenters. The predicted molar refractivity (Wildman–Crippen MR) is 69.4 cm³/mol. The lowest BCUT2D eigenvalue weighted by Crippen LogP contribution is -2.33. The minimum absolute atomic E-state index is 0.292. The third-order valence-corrected chi connectivity index (χ3v) is 2.66. The van der Waals surface area contributed by atoms with Gasteiger partial charge in [0, 0.05) is 13.1 Å². The van der Waals surface area contributed by atoms with Gasteiger partial charge in [0.25, 0.3) is 0 Å².